The minimum atomic E-state index is -3.75. The minimum absolute atomic E-state index is 0.0845. The zero-order chi connectivity index (χ0) is 18.7. The summed E-state index contributed by atoms with van der Waals surface area (Å²) in [6.45, 7) is 1.80. The van der Waals surface area contributed by atoms with Gasteiger partial charge in [0.1, 0.15) is 17.5 Å². The highest BCUT2D eigenvalue weighted by molar-refractivity contribution is 7.92. The Morgan fingerprint density at radius 3 is 2.46 bits per heavy atom. The molecule has 0 saturated heterocycles. The summed E-state index contributed by atoms with van der Waals surface area (Å²) in [5.74, 6) is -1.29. The first-order valence-corrected chi connectivity index (χ1v) is 9.09. The number of nitrogens with zero attached hydrogens (tertiary/aromatic N) is 1. The van der Waals surface area contributed by atoms with E-state index in [4.69, 9.17) is 0 Å². The number of pyridine rings is 1. The highest BCUT2D eigenvalue weighted by Crippen LogP contribution is 2.22. The van der Waals surface area contributed by atoms with Crippen molar-refractivity contribution in [1.82, 2.24) is 4.98 Å². The second-order valence-corrected chi connectivity index (χ2v) is 7.29. The standard InChI is InChI=1S/C18H15F2N3O2S/c1-12-3-2-4-15(9-12)26(24,25)23-18-8-6-14(11-21-18)22-17-7-5-13(19)10-16(17)20/h2-11,22H,1H3,(H,21,23). The van der Waals surface area contributed by atoms with Crippen molar-refractivity contribution in [2.75, 3.05) is 10.0 Å². The Balaban J connectivity index is 1.75. The van der Waals surface area contributed by atoms with Crippen molar-refractivity contribution in [3.05, 3.63) is 78.0 Å². The van der Waals surface area contributed by atoms with Gasteiger partial charge in [-0.25, -0.2) is 22.2 Å². The van der Waals surface area contributed by atoms with Crippen LogP contribution in [0, 0.1) is 18.6 Å². The van der Waals surface area contributed by atoms with E-state index in [2.05, 4.69) is 15.0 Å². The van der Waals surface area contributed by atoms with Crippen LogP contribution in [0.25, 0.3) is 0 Å². The highest BCUT2D eigenvalue weighted by Gasteiger charge is 2.14. The van der Waals surface area contributed by atoms with Gasteiger partial charge >= 0.3 is 0 Å². The predicted molar refractivity (Wildman–Crippen MR) is 95.9 cm³/mol. The first kappa shape index (κ1) is 17.8. The van der Waals surface area contributed by atoms with Crippen molar-refractivity contribution >= 4 is 27.2 Å². The number of aryl methyl sites for hydroxylation is 1. The number of hydrogen-bond acceptors (Lipinski definition) is 4. The molecule has 26 heavy (non-hydrogen) atoms. The molecule has 5 nitrogen and oxygen atoms in total. The monoisotopic (exact) mass is 375 g/mol. The second kappa shape index (κ2) is 7.09. The largest absolute Gasteiger partial charge is 0.352 e. The number of aromatic nitrogens is 1. The number of sulfonamides is 1. The summed E-state index contributed by atoms with van der Waals surface area (Å²) in [4.78, 5) is 4.14. The summed E-state index contributed by atoms with van der Waals surface area (Å²) in [7, 11) is -3.75. The molecule has 0 bridgehead atoms. The molecule has 0 saturated carbocycles. The average molecular weight is 375 g/mol. The molecule has 0 spiro atoms. The van der Waals surface area contributed by atoms with Crippen molar-refractivity contribution < 1.29 is 17.2 Å². The van der Waals surface area contributed by atoms with Gasteiger partial charge in [-0.3, -0.25) is 4.72 Å². The molecule has 1 heterocycles. The van der Waals surface area contributed by atoms with E-state index in [-0.39, 0.29) is 16.4 Å². The lowest BCUT2D eigenvalue weighted by atomic mass is 10.2. The third-order valence-electron chi connectivity index (χ3n) is 3.51. The normalized spacial score (nSPS) is 11.2. The quantitative estimate of drug-likeness (QED) is 0.701. The number of benzene rings is 2. The van der Waals surface area contributed by atoms with Gasteiger partial charge in [0.05, 0.1) is 22.5 Å². The van der Waals surface area contributed by atoms with Crippen LogP contribution in [0.2, 0.25) is 0 Å². The minimum Gasteiger partial charge on any atom is -0.352 e. The Hall–Kier alpha value is -3.00. The fourth-order valence-corrected chi connectivity index (χ4v) is 3.37. The van der Waals surface area contributed by atoms with Crippen molar-refractivity contribution in [1.29, 1.82) is 0 Å². The molecule has 8 heteroatoms. The summed E-state index contributed by atoms with van der Waals surface area (Å²) >= 11 is 0. The van der Waals surface area contributed by atoms with E-state index in [9.17, 15) is 17.2 Å². The lowest BCUT2D eigenvalue weighted by molar-refractivity contribution is 0.586. The fourth-order valence-electron chi connectivity index (χ4n) is 2.25. The average Bonchev–Trinajstić information content (AvgIpc) is 2.59. The number of hydrogen-bond donors (Lipinski definition) is 2. The molecule has 0 unspecified atom stereocenters. The maximum atomic E-state index is 13.6. The molecular weight excluding hydrogens is 360 g/mol. The Morgan fingerprint density at radius 2 is 1.81 bits per heavy atom. The van der Waals surface area contributed by atoms with Gasteiger partial charge in [-0.2, -0.15) is 0 Å². The first-order chi connectivity index (χ1) is 12.3. The molecule has 0 aliphatic rings. The number of halogens is 2. The maximum Gasteiger partial charge on any atom is 0.263 e. The summed E-state index contributed by atoms with van der Waals surface area (Å²) in [6, 6.07) is 12.6. The summed E-state index contributed by atoms with van der Waals surface area (Å²) in [6.07, 6.45) is 1.34. The molecule has 0 aliphatic carbocycles. The second-order valence-electron chi connectivity index (χ2n) is 5.60. The van der Waals surface area contributed by atoms with Gasteiger partial charge in [0.2, 0.25) is 0 Å². The van der Waals surface area contributed by atoms with Crippen LogP contribution < -0.4 is 10.0 Å². The van der Waals surface area contributed by atoms with Gasteiger partial charge in [0, 0.05) is 6.07 Å². The molecule has 1 aromatic heterocycles. The molecule has 0 fully saturated rings. The summed E-state index contributed by atoms with van der Waals surface area (Å²) in [5, 5.41) is 2.75. The van der Waals surface area contributed by atoms with E-state index in [1.165, 1.54) is 30.5 Å². The van der Waals surface area contributed by atoms with Crippen molar-refractivity contribution in [2.24, 2.45) is 0 Å². The third kappa shape index (κ3) is 4.15. The van der Waals surface area contributed by atoms with Crippen LogP contribution in [0.4, 0.5) is 26.0 Å². The highest BCUT2D eigenvalue weighted by atomic mass is 32.2. The van der Waals surface area contributed by atoms with Crippen LogP contribution in [-0.2, 0) is 10.0 Å². The van der Waals surface area contributed by atoms with Gasteiger partial charge in [-0.05, 0) is 48.9 Å². The Kier molecular flexibility index (Phi) is 4.85. The van der Waals surface area contributed by atoms with Crippen LogP contribution in [-0.4, -0.2) is 13.4 Å². The van der Waals surface area contributed by atoms with Gasteiger partial charge in [0.15, 0.2) is 0 Å². The molecular formula is C18H15F2N3O2S. The topological polar surface area (TPSA) is 71.1 Å². The molecule has 134 valence electrons. The summed E-state index contributed by atoms with van der Waals surface area (Å²) in [5.41, 5.74) is 1.33. The molecule has 0 aliphatic heterocycles. The lowest BCUT2D eigenvalue weighted by Gasteiger charge is -2.10. The Labute approximate surface area is 149 Å². The van der Waals surface area contributed by atoms with Gasteiger partial charge in [-0.15, -0.1) is 0 Å². The van der Waals surface area contributed by atoms with Crippen molar-refractivity contribution in [3.8, 4) is 0 Å². The van der Waals surface area contributed by atoms with Gasteiger partial charge < -0.3 is 5.32 Å². The molecule has 0 amide bonds. The van der Waals surface area contributed by atoms with E-state index in [1.54, 1.807) is 25.1 Å². The molecule has 3 rings (SSSR count). The number of anilines is 3. The van der Waals surface area contributed by atoms with Crippen LogP contribution in [0.1, 0.15) is 5.56 Å². The van der Waals surface area contributed by atoms with E-state index >= 15 is 0 Å². The molecule has 0 radical (unpaired) electrons. The zero-order valence-electron chi connectivity index (χ0n) is 13.7. The van der Waals surface area contributed by atoms with Gasteiger partial charge in [-0.1, -0.05) is 12.1 Å². The van der Waals surface area contributed by atoms with Crippen LogP contribution in [0.3, 0.4) is 0 Å². The van der Waals surface area contributed by atoms with Crippen LogP contribution in [0.5, 0.6) is 0 Å². The van der Waals surface area contributed by atoms with E-state index in [1.807, 2.05) is 0 Å². The van der Waals surface area contributed by atoms with E-state index in [0.717, 1.165) is 17.7 Å². The van der Waals surface area contributed by atoms with Crippen molar-refractivity contribution in [2.45, 2.75) is 11.8 Å². The summed E-state index contributed by atoms with van der Waals surface area (Å²) < 4.78 is 53.7. The Bertz CT molecular complexity index is 1040. The molecule has 0 atom stereocenters. The maximum absolute atomic E-state index is 13.6. The van der Waals surface area contributed by atoms with E-state index in [0.29, 0.717) is 5.69 Å². The molecule has 3 aromatic rings. The predicted octanol–water partition coefficient (Wildman–Crippen LogP) is 4.21. The van der Waals surface area contributed by atoms with Crippen LogP contribution >= 0.6 is 0 Å². The van der Waals surface area contributed by atoms with Gasteiger partial charge in [0.25, 0.3) is 10.0 Å². The fraction of sp³-hybridized carbons (Fsp3) is 0.0556. The number of rotatable bonds is 5. The van der Waals surface area contributed by atoms with Crippen LogP contribution in [0.15, 0.2) is 65.7 Å². The smallest absolute Gasteiger partial charge is 0.263 e. The molecule has 2 N–H and O–H groups in total. The SMILES string of the molecule is Cc1cccc(S(=O)(=O)Nc2ccc(Nc3ccc(F)cc3F)cn2)c1. The molecule has 2 aromatic carbocycles. The lowest BCUT2D eigenvalue weighted by Crippen LogP contribution is -2.14. The number of nitrogens with one attached hydrogen (secondary N) is 2. The van der Waals surface area contributed by atoms with E-state index < -0.39 is 21.7 Å². The van der Waals surface area contributed by atoms with Crippen molar-refractivity contribution in [3.63, 3.8) is 0 Å². The zero-order valence-corrected chi connectivity index (χ0v) is 14.5. The Morgan fingerprint density at radius 1 is 1.00 bits per heavy atom. The third-order valence-corrected chi connectivity index (χ3v) is 4.86. The first-order valence-electron chi connectivity index (χ1n) is 7.61.